The summed E-state index contributed by atoms with van der Waals surface area (Å²) in [5.41, 5.74) is 0. The Labute approximate surface area is 140 Å². The van der Waals surface area contributed by atoms with Crippen LogP contribution in [0.1, 0.15) is 84.5 Å². The van der Waals surface area contributed by atoms with Crippen LogP contribution in [0.2, 0.25) is 0 Å². The van der Waals surface area contributed by atoms with Crippen LogP contribution in [-0.4, -0.2) is 25.4 Å². The number of hydrogen-bond donors (Lipinski definition) is 0. The van der Waals surface area contributed by atoms with Crippen molar-refractivity contribution in [1.29, 1.82) is 0 Å². The van der Waals surface area contributed by atoms with E-state index in [-0.39, 0.29) is 0 Å². The Morgan fingerprint density at radius 1 is 0.609 bits per heavy atom. The third kappa shape index (κ3) is 16.7. The van der Waals surface area contributed by atoms with Crippen LogP contribution in [0.4, 0.5) is 9.59 Å². The summed E-state index contributed by atoms with van der Waals surface area (Å²) >= 11 is 0. The standard InChI is InChI=1S/C17H32N2O4/c1-3-5-7-9-11-13-15-23-17(21)19-18-16(20)22-14-12-10-8-6-4-2/h3-15H2,1-2H3. The molecule has 0 atom stereocenters. The number of hydrogen-bond acceptors (Lipinski definition) is 4. The SMILES string of the molecule is CCCCCCCCOC(=O)N=NC(=O)OCCCCCCC. The molecule has 23 heavy (non-hydrogen) atoms. The van der Waals surface area contributed by atoms with Gasteiger partial charge in [0.15, 0.2) is 0 Å². The van der Waals surface area contributed by atoms with Crippen molar-refractivity contribution in [1.82, 2.24) is 0 Å². The van der Waals surface area contributed by atoms with Gasteiger partial charge in [-0.05, 0) is 12.8 Å². The van der Waals surface area contributed by atoms with E-state index in [1.54, 1.807) is 0 Å². The Morgan fingerprint density at radius 3 is 1.35 bits per heavy atom. The van der Waals surface area contributed by atoms with Crippen LogP contribution in [0.25, 0.3) is 0 Å². The van der Waals surface area contributed by atoms with Gasteiger partial charge in [-0.1, -0.05) is 81.9 Å². The summed E-state index contributed by atoms with van der Waals surface area (Å²) < 4.78 is 9.71. The lowest BCUT2D eigenvalue weighted by molar-refractivity contribution is 0.143. The highest BCUT2D eigenvalue weighted by Gasteiger charge is 2.03. The number of azo groups is 1. The zero-order valence-electron chi connectivity index (χ0n) is 14.7. The molecule has 0 aliphatic heterocycles. The lowest BCUT2D eigenvalue weighted by Gasteiger charge is -2.01. The van der Waals surface area contributed by atoms with Crippen LogP contribution in [0.5, 0.6) is 0 Å². The molecule has 0 saturated heterocycles. The summed E-state index contributed by atoms with van der Waals surface area (Å²) in [5, 5.41) is 6.38. The van der Waals surface area contributed by atoms with Crippen molar-refractivity contribution in [2.75, 3.05) is 13.2 Å². The molecule has 6 nitrogen and oxygen atoms in total. The molecule has 0 saturated carbocycles. The number of unbranched alkanes of at least 4 members (excludes halogenated alkanes) is 9. The van der Waals surface area contributed by atoms with Crippen molar-refractivity contribution >= 4 is 12.2 Å². The molecule has 2 amide bonds. The monoisotopic (exact) mass is 328 g/mol. The molecule has 0 rings (SSSR count). The third-order valence-corrected chi connectivity index (χ3v) is 3.41. The van der Waals surface area contributed by atoms with E-state index in [9.17, 15) is 9.59 Å². The predicted molar refractivity (Wildman–Crippen MR) is 89.7 cm³/mol. The highest BCUT2D eigenvalue weighted by Crippen LogP contribution is 2.05. The molecule has 6 heteroatoms. The minimum absolute atomic E-state index is 0.314. The molecule has 0 unspecified atom stereocenters. The molecule has 0 spiro atoms. The topological polar surface area (TPSA) is 77.3 Å². The van der Waals surface area contributed by atoms with Gasteiger partial charge in [0.2, 0.25) is 0 Å². The second kappa shape index (κ2) is 16.9. The van der Waals surface area contributed by atoms with Crippen molar-refractivity contribution in [2.24, 2.45) is 10.2 Å². The molecule has 0 bridgehead atoms. The van der Waals surface area contributed by atoms with Gasteiger partial charge in [-0.2, -0.15) is 0 Å². The summed E-state index contributed by atoms with van der Waals surface area (Å²) in [6.45, 7) is 4.95. The Kier molecular flexibility index (Phi) is 15.8. The van der Waals surface area contributed by atoms with Crippen LogP contribution >= 0.6 is 0 Å². The Bertz CT molecular complexity index is 333. The highest BCUT2D eigenvalue weighted by molar-refractivity contribution is 5.73. The van der Waals surface area contributed by atoms with Gasteiger partial charge in [-0.3, -0.25) is 0 Å². The number of ether oxygens (including phenoxy) is 2. The molecule has 0 aromatic rings. The molecule has 0 aliphatic carbocycles. The van der Waals surface area contributed by atoms with E-state index >= 15 is 0 Å². The lowest BCUT2D eigenvalue weighted by atomic mass is 10.1. The van der Waals surface area contributed by atoms with Gasteiger partial charge in [0.05, 0.1) is 13.2 Å². The maximum absolute atomic E-state index is 11.2. The molecular formula is C17H32N2O4. The summed E-state index contributed by atoms with van der Waals surface area (Å²) in [6, 6.07) is 0. The van der Waals surface area contributed by atoms with Crippen molar-refractivity contribution in [3.63, 3.8) is 0 Å². The Morgan fingerprint density at radius 2 is 0.957 bits per heavy atom. The van der Waals surface area contributed by atoms with Crippen LogP contribution < -0.4 is 0 Å². The number of nitrogens with zero attached hydrogens (tertiary/aromatic N) is 2. The van der Waals surface area contributed by atoms with E-state index in [2.05, 4.69) is 24.1 Å². The maximum atomic E-state index is 11.2. The van der Waals surface area contributed by atoms with Crippen molar-refractivity contribution in [3.05, 3.63) is 0 Å². The second-order valence-corrected chi connectivity index (χ2v) is 5.61. The molecule has 0 heterocycles. The van der Waals surface area contributed by atoms with E-state index < -0.39 is 12.2 Å². The fourth-order valence-electron chi connectivity index (χ4n) is 2.05. The minimum atomic E-state index is -0.836. The normalized spacial score (nSPS) is 10.9. The summed E-state index contributed by atoms with van der Waals surface area (Å²) in [4.78, 5) is 22.5. The molecule has 0 radical (unpaired) electrons. The van der Waals surface area contributed by atoms with E-state index in [1.807, 2.05) is 0 Å². The molecular weight excluding hydrogens is 296 g/mol. The first-order valence-electron chi connectivity index (χ1n) is 8.96. The van der Waals surface area contributed by atoms with Gasteiger partial charge in [0.25, 0.3) is 0 Å². The highest BCUT2D eigenvalue weighted by atomic mass is 16.6. The van der Waals surface area contributed by atoms with Crippen LogP contribution in [0.15, 0.2) is 10.2 Å². The van der Waals surface area contributed by atoms with E-state index in [0.29, 0.717) is 13.2 Å². The van der Waals surface area contributed by atoms with Gasteiger partial charge < -0.3 is 9.47 Å². The van der Waals surface area contributed by atoms with Crippen LogP contribution in [0, 0.1) is 0 Å². The van der Waals surface area contributed by atoms with Crippen LogP contribution in [0.3, 0.4) is 0 Å². The number of amides is 2. The van der Waals surface area contributed by atoms with Crippen molar-refractivity contribution in [2.45, 2.75) is 84.5 Å². The Hall–Kier alpha value is -1.46. The van der Waals surface area contributed by atoms with Gasteiger partial charge >= 0.3 is 12.2 Å². The van der Waals surface area contributed by atoms with E-state index in [1.165, 1.54) is 32.1 Å². The molecule has 0 aliphatic rings. The minimum Gasteiger partial charge on any atom is -0.447 e. The van der Waals surface area contributed by atoms with E-state index in [0.717, 1.165) is 38.5 Å². The van der Waals surface area contributed by atoms with Gasteiger partial charge in [0, 0.05) is 0 Å². The largest absolute Gasteiger partial charge is 0.452 e. The quantitative estimate of drug-likeness (QED) is 0.305. The molecule has 0 fully saturated rings. The maximum Gasteiger partial charge on any atom is 0.452 e. The molecule has 0 N–H and O–H groups in total. The average molecular weight is 328 g/mol. The number of carbonyl (C=O) groups excluding carboxylic acids is 2. The van der Waals surface area contributed by atoms with Crippen molar-refractivity contribution < 1.29 is 19.1 Å². The zero-order chi connectivity index (χ0) is 17.2. The fourth-order valence-corrected chi connectivity index (χ4v) is 2.05. The first kappa shape index (κ1) is 21.5. The predicted octanol–water partition coefficient (Wildman–Crippen LogP) is 6.04. The van der Waals surface area contributed by atoms with Gasteiger partial charge in [-0.25, -0.2) is 9.59 Å². The lowest BCUT2D eigenvalue weighted by Crippen LogP contribution is -2.03. The number of carbonyl (C=O) groups is 2. The summed E-state index contributed by atoms with van der Waals surface area (Å²) in [6.07, 6.45) is 10.3. The van der Waals surface area contributed by atoms with Crippen molar-refractivity contribution in [3.8, 4) is 0 Å². The summed E-state index contributed by atoms with van der Waals surface area (Å²) in [7, 11) is 0. The first-order valence-corrected chi connectivity index (χ1v) is 8.96. The summed E-state index contributed by atoms with van der Waals surface area (Å²) in [5.74, 6) is 0. The molecule has 134 valence electrons. The zero-order valence-corrected chi connectivity index (χ0v) is 14.7. The fraction of sp³-hybridized carbons (Fsp3) is 0.882. The number of rotatable bonds is 13. The molecule has 0 aromatic heterocycles. The smallest absolute Gasteiger partial charge is 0.447 e. The average Bonchev–Trinajstić information content (AvgIpc) is 2.55. The molecule has 0 aromatic carbocycles. The van der Waals surface area contributed by atoms with E-state index in [4.69, 9.17) is 9.47 Å². The third-order valence-electron chi connectivity index (χ3n) is 3.41. The van der Waals surface area contributed by atoms with Crippen LogP contribution in [-0.2, 0) is 9.47 Å². The first-order chi connectivity index (χ1) is 11.2. The van der Waals surface area contributed by atoms with Gasteiger partial charge in [0.1, 0.15) is 0 Å². The van der Waals surface area contributed by atoms with Gasteiger partial charge in [-0.15, -0.1) is 0 Å². The second-order valence-electron chi connectivity index (χ2n) is 5.61. The Balaban J connectivity index is 3.49.